The van der Waals surface area contributed by atoms with Crippen molar-refractivity contribution in [1.82, 2.24) is 24.9 Å². The molecule has 0 spiro atoms. The van der Waals surface area contributed by atoms with E-state index in [1.54, 1.807) is 18.0 Å². The molecule has 5 rings (SSSR count). The number of aromatic nitrogens is 4. The molecule has 1 N–H and O–H groups in total. The van der Waals surface area contributed by atoms with Crippen LogP contribution in [-0.2, 0) is 12.8 Å². The van der Waals surface area contributed by atoms with E-state index in [1.165, 1.54) is 0 Å². The van der Waals surface area contributed by atoms with Gasteiger partial charge in [-0.05, 0) is 57.4 Å². The van der Waals surface area contributed by atoms with Crippen molar-refractivity contribution in [3.05, 3.63) is 65.1 Å². The molecular formula is C24H25N5O3. The summed E-state index contributed by atoms with van der Waals surface area (Å²) >= 11 is 0. The van der Waals surface area contributed by atoms with E-state index in [0.717, 1.165) is 54.0 Å². The second-order valence-electron chi connectivity index (χ2n) is 8.11. The number of fused-ring (bicyclic) bond motifs is 2. The maximum Gasteiger partial charge on any atom is 0.255 e. The van der Waals surface area contributed by atoms with E-state index >= 15 is 0 Å². The molecule has 0 saturated carbocycles. The van der Waals surface area contributed by atoms with Gasteiger partial charge in [0.1, 0.15) is 23.6 Å². The molecule has 0 saturated heterocycles. The number of hydrogen-bond donors (Lipinski definition) is 1. The molecule has 0 unspecified atom stereocenters. The van der Waals surface area contributed by atoms with Crippen LogP contribution in [0.3, 0.4) is 0 Å². The summed E-state index contributed by atoms with van der Waals surface area (Å²) in [5.74, 6) is 2.81. The molecule has 1 amide bonds. The van der Waals surface area contributed by atoms with Crippen LogP contribution in [0.4, 0.5) is 0 Å². The van der Waals surface area contributed by atoms with Crippen LogP contribution in [0.2, 0.25) is 0 Å². The largest absolute Gasteiger partial charge is 0.497 e. The van der Waals surface area contributed by atoms with Gasteiger partial charge in [-0.25, -0.2) is 14.5 Å². The molecule has 0 aliphatic heterocycles. The van der Waals surface area contributed by atoms with Crippen molar-refractivity contribution in [3.63, 3.8) is 0 Å². The number of amides is 1. The molecule has 1 aromatic carbocycles. The van der Waals surface area contributed by atoms with Crippen LogP contribution in [0.25, 0.3) is 16.9 Å². The highest BCUT2D eigenvalue weighted by atomic mass is 16.5. The van der Waals surface area contributed by atoms with Crippen LogP contribution in [0.5, 0.6) is 5.75 Å². The molecule has 3 heterocycles. The third-order valence-corrected chi connectivity index (χ3v) is 5.94. The van der Waals surface area contributed by atoms with Crippen molar-refractivity contribution >= 4 is 11.6 Å². The Kier molecular flexibility index (Phi) is 5.13. The fourth-order valence-electron chi connectivity index (χ4n) is 4.25. The third-order valence-electron chi connectivity index (χ3n) is 5.94. The van der Waals surface area contributed by atoms with Crippen LogP contribution < -0.4 is 10.1 Å². The van der Waals surface area contributed by atoms with Gasteiger partial charge < -0.3 is 14.5 Å². The summed E-state index contributed by atoms with van der Waals surface area (Å²) in [6, 6.07) is 9.20. The minimum absolute atomic E-state index is 0.141. The Labute approximate surface area is 185 Å². The van der Waals surface area contributed by atoms with Crippen molar-refractivity contribution < 1.29 is 13.9 Å². The van der Waals surface area contributed by atoms with Crippen LogP contribution in [-0.4, -0.2) is 32.6 Å². The maximum atomic E-state index is 13.0. The second kappa shape index (κ2) is 8.11. The summed E-state index contributed by atoms with van der Waals surface area (Å²) in [4.78, 5) is 22.1. The zero-order chi connectivity index (χ0) is 22.2. The van der Waals surface area contributed by atoms with Gasteiger partial charge in [0.15, 0.2) is 11.5 Å². The van der Waals surface area contributed by atoms with E-state index in [-0.39, 0.29) is 11.9 Å². The van der Waals surface area contributed by atoms with Crippen LogP contribution >= 0.6 is 0 Å². The third kappa shape index (κ3) is 3.62. The SMILES string of the molecule is COc1ccc(-c2cc3nc([C@H](C)NC(=O)c4c(C)oc5c4CCCC5)nn3cn2)cc1. The summed E-state index contributed by atoms with van der Waals surface area (Å²) in [5, 5.41) is 7.54. The zero-order valence-corrected chi connectivity index (χ0v) is 18.4. The Hall–Kier alpha value is -3.68. The van der Waals surface area contributed by atoms with Gasteiger partial charge in [-0.1, -0.05) is 0 Å². The van der Waals surface area contributed by atoms with Gasteiger partial charge >= 0.3 is 0 Å². The summed E-state index contributed by atoms with van der Waals surface area (Å²) in [7, 11) is 1.64. The first-order valence-corrected chi connectivity index (χ1v) is 10.8. The maximum absolute atomic E-state index is 13.0. The highest BCUT2D eigenvalue weighted by Crippen LogP contribution is 2.30. The molecule has 1 atom stereocenters. The molecule has 0 bridgehead atoms. The molecule has 0 fully saturated rings. The molecule has 1 aliphatic carbocycles. The monoisotopic (exact) mass is 431 g/mol. The number of furan rings is 1. The number of ether oxygens (including phenoxy) is 1. The van der Waals surface area contributed by atoms with Crippen LogP contribution in [0.15, 0.2) is 41.1 Å². The number of carbonyl (C=O) groups excluding carboxylic acids is 1. The molecule has 3 aromatic heterocycles. The average Bonchev–Trinajstić information content (AvgIpc) is 3.38. The highest BCUT2D eigenvalue weighted by Gasteiger charge is 2.26. The number of benzene rings is 1. The molecule has 8 heteroatoms. The zero-order valence-electron chi connectivity index (χ0n) is 18.4. The predicted molar refractivity (Wildman–Crippen MR) is 119 cm³/mol. The van der Waals surface area contributed by atoms with Crippen molar-refractivity contribution in [3.8, 4) is 17.0 Å². The smallest absolute Gasteiger partial charge is 0.255 e. The van der Waals surface area contributed by atoms with Gasteiger partial charge in [-0.3, -0.25) is 4.79 Å². The van der Waals surface area contributed by atoms with Gasteiger partial charge in [0.05, 0.1) is 24.4 Å². The van der Waals surface area contributed by atoms with E-state index in [9.17, 15) is 4.79 Å². The van der Waals surface area contributed by atoms with Crippen LogP contribution in [0.1, 0.15) is 59.1 Å². The van der Waals surface area contributed by atoms with E-state index in [1.807, 2.05) is 44.2 Å². The van der Waals surface area contributed by atoms with Crippen molar-refractivity contribution in [2.45, 2.75) is 45.6 Å². The molecule has 8 nitrogen and oxygen atoms in total. The number of nitrogens with zero attached hydrogens (tertiary/aromatic N) is 4. The number of rotatable bonds is 5. The Morgan fingerprint density at radius 1 is 1.22 bits per heavy atom. The van der Waals surface area contributed by atoms with Crippen molar-refractivity contribution in [1.29, 1.82) is 0 Å². The normalized spacial score (nSPS) is 14.2. The Morgan fingerprint density at radius 2 is 2.00 bits per heavy atom. The first-order valence-electron chi connectivity index (χ1n) is 10.8. The van der Waals surface area contributed by atoms with Crippen LogP contribution in [0, 0.1) is 6.92 Å². The number of hydrogen-bond acceptors (Lipinski definition) is 6. The summed E-state index contributed by atoms with van der Waals surface area (Å²) in [5.41, 5.74) is 4.13. The lowest BCUT2D eigenvalue weighted by Gasteiger charge is -2.13. The van der Waals surface area contributed by atoms with Gasteiger partial charge in [-0.15, -0.1) is 5.10 Å². The van der Waals surface area contributed by atoms with Crippen molar-refractivity contribution in [2.75, 3.05) is 7.11 Å². The standard InChI is InChI=1S/C24H25N5O3/c1-14(26-24(30)22-15(2)32-20-7-5-4-6-18(20)22)23-27-21-12-19(25-13-29(21)28-23)16-8-10-17(31-3)11-9-16/h8-14H,4-7H2,1-3H3,(H,26,30)/t14-/m0/s1. The van der Waals surface area contributed by atoms with Gasteiger partial charge in [0.2, 0.25) is 0 Å². The summed E-state index contributed by atoms with van der Waals surface area (Å²) in [6.07, 6.45) is 5.61. The number of nitrogens with one attached hydrogen (secondary N) is 1. The van der Waals surface area contributed by atoms with E-state index < -0.39 is 0 Å². The molecule has 0 radical (unpaired) electrons. The minimum Gasteiger partial charge on any atom is -0.497 e. The summed E-state index contributed by atoms with van der Waals surface area (Å²) in [6.45, 7) is 3.74. The van der Waals surface area contributed by atoms with E-state index in [4.69, 9.17) is 9.15 Å². The van der Waals surface area contributed by atoms with Gasteiger partial charge in [-0.2, -0.15) is 0 Å². The lowest BCUT2D eigenvalue weighted by atomic mass is 9.94. The first kappa shape index (κ1) is 20.2. The molecule has 4 aromatic rings. The lowest BCUT2D eigenvalue weighted by molar-refractivity contribution is 0.0936. The fourth-order valence-corrected chi connectivity index (χ4v) is 4.25. The first-order chi connectivity index (χ1) is 15.5. The summed E-state index contributed by atoms with van der Waals surface area (Å²) < 4.78 is 12.7. The van der Waals surface area contributed by atoms with E-state index in [2.05, 4.69) is 20.4 Å². The Bertz CT molecular complexity index is 1290. The number of aryl methyl sites for hydroxylation is 2. The molecule has 32 heavy (non-hydrogen) atoms. The fraction of sp³-hybridized carbons (Fsp3) is 0.333. The second-order valence-corrected chi connectivity index (χ2v) is 8.11. The lowest BCUT2D eigenvalue weighted by Crippen LogP contribution is -2.28. The Morgan fingerprint density at radius 3 is 2.78 bits per heavy atom. The number of methoxy groups -OCH3 is 1. The topological polar surface area (TPSA) is 94.5 Å². The molecular weight excluding hydrogens is 406 g/mol. The quantitative estimate of drug-likeness (QED) is 0.512. The van der Waals surface area contributed by atoms with E-state index in [0.29, 0.717) is 22.8 Å². The predicted octanol–water partition coefficient (Wildman–Crippen LogP) is 4.07. The highest BCUT2D eigenvalue weighted by molar-refractivity contribution is 5.97. The number of carbonyl (C=O) groups is 1. The van der Waals surface area contributed by atoms with Gasteiger partial charge in [0.25, 0.3) is 5.91 Å². The van der Waals surface area contributed by atoms with Crippen molar-refractivity contribution in [2.24, 2.45) is 0 Å². The molecule has 164 valence electrons. The minimum atomic E-state index is -0.361. The Balaban J connectivity index is 1.37. The average molecular weight is 431 g/mol. The molecule has 1 aliphatic rings. The van der Waals surface area contributed by atoms with Gasteiger partial charge in [0, 0.05) is 23.6 Å².